The predicted octanol–water partition coefficient (Wildman–Crippen LogP) is 8.52. The maximum absolute atomic E-state index is 11.2. The number of hydrogen-bond donors (Lipinski definition) is 1. The third kappa shape index (κ3) is 11.8. The average Bonchev–Trinajstić information content (AvgIpc) is 2.67. The molecule has 0 bridgehead atoms. The summed E-state index contributed by atoms with van der Waals surface area (Å²) in [5, 5.41) is 11.2. The molecule has 0 aromatic rings. The molecule has 0 aromatic heterocycles. The van der Waals surface area contributed by atoms with Crippen LogP contribution in [0, 0.1) is 5.92 Å². The van der Waals surface area contributed by atoms with Gasteiger partial charge in [-0.1, -0.05) is 141 Å². The van der Waals surface area contributed by atoms with Crippen molar-refractivity contribution in [1.82, 2.24) is 0 Å². The summed E-state index contributed by atoms with van der Waals surface area (Å²) in [7, 11) is 0. The van der Waals surface area contributed by atoms with Crippen LogP contribution in [0.2, 0.25) is 0 Å². The quantitative estimate of drug-likeness (QED) is 0.238. The van der Waals surface area contributed by atoms with Gasteiger partial charge in [-0.05, 0) is 12.8 Å². The number of allylic oxidation sites excluding steroid dienone is 2. The molecule has 1 nitrogen and oxygen atoms in total. The molecule has 1 N–H and O–H groups in total. The van der Waals surface area contributed by atoms with Gasteiger partial charge in [0.05, 0.1) is 5.60 Å². The first-order valence-corrected chi connectivity index (χ1v) is 12.3. The van der Waals surface area contributed by atoms with E-state index in [-0.39, 0.29) is 0 Å². The smallest absolute Gasteiger partial charge is 0.0893 e. The van der Waals surface area contributed by atoms with Gasteiger partial charge in [0.25, 0.3) is 0 Å². The fraction of sp³-hybridized carbons (Fsp3) is 0.846. The molecule has 1 aliphatic carbocycles. The molecule has 158 valence electrons. The van der Waals surface area contributed by atoms with Gasteiger partial charge in [0.2, 0.25) is 0 Å². The fourth-order valence-electron chi connectivity index (χ4n) is 4.37. The van der Waals surface area contributed by atoms with E-state index >= 15 is 0 Å². The first kappa shape index (κ1) is 24.5. The molecule has 2 unspecified atom stereocenters. The molecule has 0 aromatic carbocycles. The molecule has 1 rings (SSSR count). The van der Waals surface area contributed by atoms with Crippen molar-refractivity contribution < 1.29 is 5.11 Å². The van der Waals surface area contributed by atoms with E-state index in [1.807, 2.05) is 0 Å². The Balaban J connectivity index is 2.13. The standard InChI is InChI=1S/C26H48O/c1-3-5-7-9-11-13-15-17-21-25-22-18-20-24-26(25,27)23-19-16-14-12-10-8-6-4-2/h18,20,22,24-25,27H,3-17,19,21,23H2,1-2H3. The summed E-state index contributed by atoms with van der Waals surface area (Å²) < 4.78 is 0. The minimum atomic E-state index is -0.585. The van der Waals surface area contributed by atoms with Gasteiger partial charge in [0.1, 0.15) is 0 Å². The zero-order valence-electron chi connectivity index (χ0n) is 18.6. The molecule has 0 heterocycles. The molecule has 0 saturated carbocycles. The Morgan fingerprint density at radius 1 is 0.630 bits per heavy atom. The topological polar surface area (TPSA) is 20.2 Å². The predicted molar refractivity (Wildman–Crippen MR) is 121 cm³/mol. The van der Waals surface area contributed by atoms with E-state index in [0.717, 1.165) is 19.3 Å². The zero-order valence-corrected chi connectivity index (χ0v) is 18.6. The van der Waals surface area contributed by atoms with Crippen LogP contribution in [0.4, 0.5) is 0 Å². The van der Waals surface area contributed by atoms with Gasteiger partial charge in [-0.2, -0.15) is 0 Å². The summed E-state index contributed by atoms with van der Waals surface area (Å²) >= 11 is 0. The Labute approximate surface area is 170 Å². The Hall–Kier alpha value is -0.560. The van der Waals surface area contributed by atoms with Crippen molar-refractivity contribution >= 4 is 0 Å². The SMILES string of the molecule is CCCCCCCCCCC1C=CC=CC1(O)CCCCCCCCCC. The third-order valence-electron chi connectivity index (χ3n) is 6.28. The van der Waals surface area contributed by atoms with Crippen LogP contribution < -0.4 is 0 Å². The highest BCUT2D eigenvalue weighted by Gasteiger charge is 2.32. The molecular formula is C26H48O. The lowest BCUT2D eigenvalue weighted by Gasteiger charge is -2.34. The molecule has 0 aliphatic heterocycles. The highest BCUT2D eigenvalue weighted by atomic mass is 16.3. The van der Waals surface area contributed by atoms with Crippen molar-refractivity contribution in [3.63, 3.8) is 0 Å². The molecule has 27 heavy (non-hydrogen) atoms. The van der Waals surface area contributed by atoms with Crippen LogP contribution >= 0.6 is 0 Å². The number of hydrogen-bond acceptors (Lipinski definition) is 1. The number of aliphatic hydroxyl groups is 1. The van der Waals surface area contributed by atoms with Gasteiger partial charge in [0.15, 0.2) is 0 Å². The second-order valence-corrected chi connectivity index (χ2v) is 8.83. The zero-order chi connectivity index (χ0) is 19.6. The van der Waals surface area contributed by atoms with Crippen LogP contribution in [0.25, 0.3) is 0 Å². The Morgan fingerprint density at radius 2 is 1.11 bits per heavy atom. The average molecular weight is 377 g/mol. The molecule has 2 atom stereocenters. The van der Waals surface area contributed by atoms with Crippen LogP contribution in [0.5, 0.6) is 0 Å². The van der Waals surface area contributed by atoms with Gasteiger partial charge < -0.3 is 5.11 Å². The molecule has 1 heteroatoms. The van der Waals surface area contributed by atoms with Crippen LogP contribution in [0.1, 0.15) is 129 Å². The lowest BCUT2D eigenvalue weighted by molar-refractivity contribution is 0.0308. The van der Waals surface area contributed by atoms with Crippen molar-refractivity contribution in [1.29, 1.82) is 0 Å². The second kappa shape index (κ2) is 16.4. The number of unbranched alkanes of at least 4 members (excludes halogenated alkanes) is 14. The lowest BCUT2D eigenvalue weighted by atomic mass is 9.77. The molecule has 0 amide bonds. The summed E-state index contributed by atoms with van der Waals surface area (Å²) in [6.45, 7) is 4.55. The van der Waals surface area contributed by atoms with Gasteiger partial charge in [-0.25, -0.2) is 0 Å². The molecule has 0 saturated heterocycles. The summed E-state index contributed by atoms with van der Waals surface area (Å²) in [6.07, 6.45) is 32.1. The second-order valence-electron chi connectivity index (χ2n) is 8.83. The van der Waals surface area contributed by atoms with Gasteiger partial charge in [-0.15, -0.1) is 0 Å². The van der Waals surface area contributed by atoms with E-state index in [4.69, 9.17) is 0 Å². The molecule has 0 radical (unpaired) electrons. The van der Waals surface area contributed by atoms with Gasteiger partial charge >= 0.3 is 0 Å². The third-order valence-corrected chi connectivity index (χ3v) is 6.28. The number of rotatable bonds is 18. The van der Waals surface area contributed by atoms with Crippen molar-refractivity contribution in [2.24, 2.45) is 5.92 Å². The molecule has 0 spiro atoms. The Bertz CT molecular complexity index is 384. The fourth-order valence-corrected chi connectivity index (χ4v) is 4.37. The molecular weight excluding hydrogens is 328 g/mol. The first-order valence-electron chi connectivity index (χ1n) is 12.3. The van der Waals surface area contributed by atoms with Gasteiger partial charge in [-0.3, -0.25) is 0 Å². The van der Waals surface area contributed by atoms with E-state index in [1.54, 1.807) is 0 Å². The Kier molecular flexibility index (Phi) is 14.9. The monoisotopic (exact) mass is 376 g/mol. The van der Waals surface area contributed by atoms with E-state index in [1.165, 1.54) is 96.3 Å². The first-order chi connectivity index (χ1) is 13.2. The lowest BCUT2D eigenvalue weighted by Crippen LogP contribution is -2.36. The van der Waals surface area contributed by atoms with E-state index in [9.17, 15) is 5.11 Å². The summed E-state index contributed by atoms with van der Waals surface area (Å²) in [5.41, 5.74) is -0.585. The van der Waals surface area contributed by atoms with Crippen LogP contribution in [0.15, 0.2) is 24.3 Å². The van der Waals surface area contributed by atoms with Crippen molar-refractivity contribution in [2.45, 2.75) is 135 Å². The molecule has 1 aliphatic rings. The van der Waals surface area contributed by atoms with Crippen LogP contribution in [-0.2, 0) is 0 Å². The van der Waals surface area contributed by atoms with E-state index in [0.29, 0.717) is 5.92 Å². The van der Waals surface area contributed by atoms with E-state index < -0.39 is 5.60 Å². The van der Waals surface area contributed by atoms with Crippen molar-refractivity contribution in [3.8, 4) is 0 Å². The summed E-state index contributed by atoms with van der Waals surface area (Å²) in [4.78, 5) is 0. The highest BCUT2D eigenvalue weighted by Crippen LogP contribution is 2.33. The van der Waals surface area contributed by atoms with Crippen molar-refractivity contribution in [3.05, 3.63) is 24.3 Å². The maximum atomic E-state index is 11.2. The Morgan fingerprint density at radius 3 is 1.67 bits per heavy atom. The maximum Gasteiger partial charge on any atom is 0.0893 e. The van der Waals surface area contributed by atoms with Crippen LogP contribution in [0.3, 0.4) is 0 Å². The minimum absolute atomic E-state index is 0.326. The minimum Gasteiger partial charge on any atom is -0.385 e. The van der Waals surface area contributed by atoms with E-state index in [2.05, 4.69) is 38.2 Å². The normalized spacial score (nSPS) is 21.8. The van der Waals surface area contributed by atoms with Gasteiger partial charge in [0, 0.05) is 5.92 Å². The summed E-state index contributed by atoms with van der Waals surface area (Å²) in [5.74, 6) is 0.326. The molecule has 0 fully saturated rings. The van der Waals surface area contributed by atoms with Crippen molar-refractivity contribution in [2.75, 3.05) is 0 Å². The largest absolute Gasteiger partial charge is 0.385 e. The summed E-state index contributed by atoms with van der Waals surface area (Å²) in [6, 6.07) is 0. The van der Waals surface area contributed by atoms with Crippen LogP contribution in [-0.4, -0.2) is 10.7 Å². The highest BCUT2D eigenvalue weighted by molar-refractivity contribution is 5.21.